The molecule has 1 heterocycles. The van der Waals surface area contributed by atoms with Gasteiger partial charge in [-0.05, 0) is 11.5 Å². The molecule has 2 rings (SSSR count). The van der Waals surface area contributed by atoms with Gasteiger partial charge < -0.3 is 0 Å². The molecule has 1 aromatic heterocycles. The highest BCUT2D eigenvalue weighted by Gasteiger charge is 2.09. The third kappa shape index (κ3) is 1.72. The fourth-order valence-corrected chi connectivity index (χ4v) is 1.52. The van der Waals surface area contributed by atoms with E-state index < -0.39 is 0 Å². The van der Waals surface area contributed by atoms with Crippen LogP contribution < -0.4 is 0 Å². The van der Waals surface area contributed by atoms with Gasteiger partial charge in [0.1, 0.15) is 5.69 Å². The number of Topliss-reactive ketones (excluding diaryl/α,β-unsaturated/α-hetero) is 1. The largest absolute Gasteiger partial charge is 0.291 e. The molecule has 2 heteroatoms. The van der Waals surface area contributed by atoms with Crippen molar-refractivity contribution in [1.82, 2.24) is 4.98 Å². The van der Waals surface area contributed by atoms with Crippen LogP contribution in [0.25, 0.3) is 10.8 Å². The minimum atomic E-state index is -0.103. The van der Waals surface area contributed by atoms with Crippen molar-refractivity contribution in [3.05, 3.63) is 42.2 Å². The van der Waals surface area contributed by atoms with Crippen LogP contribution in [0, 0.1) is 12.3 Å². The molecule has 0 radical (unpaired) electrons. The molecule has 0 atom stereocenters. The van der Waals surface area contributed by atoms with Gasteiger partial charge in [0.2, 0.25) is 0 Å². The van der Waals surface area contributed by atoms with Crippen molar-refractivity contribution in [3.8, 4) is 12.3 Å². The van der Waals surface area contributed by atoms with Crippen molar-refractivity contribution in [2.75, 3.05) is 0 Å². The topological polar surface area (TPSA) is 30.0 Å². The number of carbonyl (C=O) groups excluding carboxylic acids is 1. The predicted octanol–water partition coefficient (Wildman–Crippen LogP) is 2.44. The zero-order valence-electron chi connectivity index (χ0n) is 8.10. The smallest absolute Gasteiger partial charge is 0.193 e. The SMILES string of the molecule is C#CCC(=O)c1nccc2ccccc12. The monoisotopic (exact) mass is 195 g/mol. The number of rotatable bonds is 2. The Balaban J connectivity index is 2.62. The Morgan fingerprint density at radius 2 is 2.13 bits per heavy atom. The molecule has 0 N–H and O–H groups in total. The zero-order chi connectivity index (χ0) is 10.7. The van der Waals surface area contributed by atoms with E-state index in [1.807, 2.05) is 30.3 Å². The maximum atomic E-state index is 11.7. The average Bonchev–Trinajstić information content (AvgIpc) is 2.28. The lowest BCUT2D eigenvalue weighted by atomic mass is 10.1. The van der Waals surface area contributed by atoms with Crippen molar-refractivity contribution in [2.24, 2.45) is 0 Å². The van der Waals surface area contributed by atoms with E-state index in [-0.39, 0.29) is 12.2 Å². The molecule has 2 aromatic rings. The first-order valence-corrected chi connectivity index (χ1v) is 4.63. The fraction of sp³-hybridized carbons (Fsp3) is 0.0769. The molecule has 0 saturated heterocycles. The summed E-state index contributed by atoms with van der Waals surface area (Å²) < 4.78 is 0. The van der Waals surface area contributed by atoms with Crippen molar-refractivity contribution in [2.45, 2.75) is 6.42 Å². The summed E-state index contributed by atoms with van der Waals surface area (Å²) in [5.41, 5.74) is 0.464. The van der Waals surface area contributed by atoms with E-state index in [0.29, 0.717) is 5.69 Å². The van der Waals surface area contributed by atoms with Gasteiger partial charge in [-0.25, -0.2) is 0 Å². The number of terminal acetylenes is 1. The Morgan fingerprint density at radius 1 is 1.33 bits per heavy atom. The molecule has 0 aliphatic carbocycles. The van der Waals surface area contributed by atoms with Crippen LogP contribution in [0.5, 0.6) is 0 Å². The van der Waals surface area contributed by atoms with Crippen molar-refractivity contribution < 1.29 is 4.79 Å². The quantitative estimate of drug-likeness (QED) is 0.544. The Labute approximate surface area is 88.0 Å². The molecule has 0 amide bonds. The van der Waals surface area contributed by atoms with Crippen LogP contribution in [-0.2, 0) is 0 Å². The van der Waals surface area contributed by atoms with Gasteiger partial charge in [-0.2, -0.15) is 0 Å². The molecule has 0 aliphatic rings. The van der Waals surface area contributed by atoms with E-state index in [4.69, 9.17) is 6.42 Å². The lowest BCUT2D eigenvalue weighted by Crippen LogP contribution is -2.01. The summed E-state index contributed by atoms with van der Waals surface area (Å²) in [6.07, 6.45) is 6.84. The molecule has 0 bridgehead atoms. The highest BCUT2D eigenvalue weighted by atomic mass is 16.1. The first-order valence-electron chi connectivity index (χ1n) is 4.63. The fourth-order valence-electron chi connectivity index (χ4n) is 1.52. The molecule has 0 aliphatic heterocycles. The van der Waals surface area contributed by atoms with Gasteiger partial charge in [-0.3, -0.25) is 9.78 Å². The number of fused-ring (bicyclic) bond motifs is 1. The predicted molar refractivity (Wildman–Crippen MR) is 59.5 cm³/mol. The number of hydrogen-bond acceptors (Lipinski definition) is 2. The van der Waals surface area contributed by atoms with Crippen LogP contribution in [0.1, 0.15) is 16.9 Å². The Morgan fingerprint density at radius 3 is 2.93 bits per heavy atom. The molecule has 2 nitrogen and oxygen atoms in total. The highest BCUT2D eigenvalue weighted by molar-refractivity contribution is 6.07. The summed E-state index contributed by atoms with van der Waals surface area (Å²) in [6, 6.07) is 9.52. The van der Waals surface area contributed by atoms with Gasteiger partial charge in [0.15, 0.2) is 5.78 Å². The van der Waals surface area contributed by atoms with Crippen LogP contribution in [0.2, 0.25) is 0 Å². The normalized spacial score (nSPS) is 9.80. The summed E-state index contributed by atoms with van der Waals surface area (Å²) in [6.45, 7) is 0. The second-order valence-electron chi connectivity index (χ2n) is 3.18. The molecule has 1 aromatic carbocycles. The average molecular weight is 195 g/mol. The maximum Gasteiger partial charge on any atom is 0.193 e. The van der Waals surface area contributed by atoms with Crippen LogP contribution >= 0.6 is 0 Å². The minimum Gasteiger partial charge on any atom is -0.291 e. The van der Waals surface area contributed by atoms with E-state index in [1.165, 1.54) is 0 Å². The van der Waals surface area contributed by atoms with E-state index in [1.54, 1.807) is 6.20 Å². The third-order valence-corrected chi connectivity index (χ3v) is 2.20. The second kappa shape index (κ2) is 3.93. The molecule has 72 valence electrons. The van der Waals surface area contributed by atoms with E-state index in [0.717, 1.165) is 10.8 Å². The minimum absolute atomic E-state index is 0.0982. The van der Waals surface area contributed by atoms with E-state index in [2.05, 4.69) is 10.9 Å². The zero-order valence-corrected chi connectivity index (χ0v) is 8.10. The number of ketones is 1. The highest BCUT2D eigenvalue weighted by Crippen LogP contribution is 2.17. The molecule has 0 unspecified atom stereocenters. The van der Waals surface area contributed by atoms with Crippen LogP contribution in [0.15, 0.2) is 36.5 Å². The maximum absolute atomic E-state index is 11.7. The molecule has 0 saturated carbocycles. The summed E-state index contributed by atoms with van der Waals surface area (Å²) in [4.78, 5) is 15.7. The number of hydrogen-bond donors (Lipinski definition) is 0. The van der Waals surface area contributed by atoms with E-state index >= 15 is 0 Å². The first kappa shape index (κ1) is 9.42. The van der Waals surface area contributed by atoms with Crippen LogP contribution in [0.4, 0.5) is 0 Å². The molecule has 0 fully saturated rings. The first-order chi connectivity index (χ1) is 7.33. The second-order valence-corrected chi connectivity index (χ2v) is 3.18. The number of pyridine rings is 1. The molecule has 15 heavy (non-hydrogen) atoms. The summed E-state index contributed by atoms with van der Waals surface area (Å²) in [7, 11) is 0. The number of benzene rings is 1. The standard InChI is InChI=1S/C13H9NO/c1-2-5-12(15)13-11-7-4-3-6-10(11)8-9-14-13/h1,3-4,6-9H,5H2. The number of nitrogens with zero attached hydrogens (tertiary/aromatic N) is 1. The number of carbonyl (C=O) groups is 1. The number of aromatic nitrogens is 1. The van der Waals surface area contributed by atoms with Gasteiger partial charge in [0.05, 0.1) is 6.42 Å². The Bertz CT molecular complexity index is 546. The summed E-state index contributed by atoms with van der Waals surface area (Å²) in [5, 5.41) is 1.87. The van der Waals surface area contributed by atoms with E-state index in [9.17, 15) is 4.79 Å². The Kier molecular flexibility index (Phi) is 2.47. The van der Waals surface area contributed by atoms with Crippen LogP contribution in [-0.4, -0.2) is 10.8 Å². The van der Waals surface area contributed by atoms with Gasteiger partial charge in [-0.1, -0.05) is 30.2 Å². The van der Waals surface area contributed by atoms with Crippen LogP contribution in [0.3, 0.4) is 0 Å². The van der Waals surface area contributed by atoms with Crippen molar-refractivity contribution >= 4 is 16.6 Å². The van der Waals surface area contributed by atoms with Gasteiger partial charge in [0.25, 0.3) is 0 Å². The molecular weight excluding hydrogens is 186 g/mol. The molecular formula is C13H9NO. The van der Waals surface area contributed by atoms with Crippen molar-refractivity contribution in [1.29, 1.82) is 0 Å². The summed E-state index contributed by atoms with van der Waals surface area (Å²) in [5.74, 6) is 2.24. The van der Waals surface area contributed by atoms with Crippen molar-refractivity contribution in [3.63, 3.8) is 0 Å². The summed E-state index contributed by atoms with van der Waals surface area (Å²) >= 11 is 0. The molecule has 0 spiro atoms. The lowest BCUT2D eigenvalue weighted by Gasteiger charge is -2.01. The Hall–Kier alpha value is -2.14. The van der Waals surface area contributed by atoms with Gasteiger partial charge >= 0.3 is 0 Å². The lowest BCUT2D eigenvalue weighted by molar-refractivity contribution is 0.0995. The van der Waals surface area contributed by atoms with Gasteiger partial charge in [-0.15, -0.1) is 6.42 Å². The van der Waals surface area contributed by atoms with Gasteiger partial charge in [0, 0.05) is 11.6 Å². The third-order valence-electron chi connectivity index (χ3n) is 2.20.